The first-order valence-corrected chi connectivity index (χ1v) is 6.22. The smallest absolute Gasteiger partial charge is 0.135 e. The van der Waals surface area contributed by atoms with E-state index in [0.717, 1.165) is 38.5 Å². The van der Waals surface area contributed by atoms with Crippen LogP contribution in [0, 0.1) is 5.92 Å². The third-order valence-corrected chi connectivity index (χ3v) is 4.01. The molecule has 0 spiro atoms. The summed E-state index contributed by atoms with van der Waals surface area (Å²) >= 11 is 0. The van der Waals surface area contributed by atoms with Crippen molar-refractivity contribution in [2.24, 2.45) is 5.92 Å². The van der Waals surface area contributed by atoms with Crippen molar-refractivity contribution >= 4 is 5.78 Å². The number of Topliss-reactive ketones (excluding diaryl/α,β-unsaturated/α-hetero) is 1. The number of nitrogens with zero attached hydrogens (tertiary/aromatic N) is 1. The van der Waals surface area contributed by atoms with Crippen molar-refractivity contribution in [3.63, 3.8) is 0 Å². The van der Waals surface area contributed by atoms with Gasteiger partial charge in [-0.2, -0.15) is 0 Å². The summed E-state index contributed by atoms with van der Waals surface area (Å²) in [5, 5.41) is 0. The Kier molecular flexibility index (Phi) is 2.53. The van der Waals surface area contributed by atoms with Gasteiger partial charge >= 0.3 is 0 Å². The number of ketones is 1. The summed E-state index contributed by atoms with van der Waals surface area (Å²) in [6.45, 7) is 2.86. The Morgan fingerprint density at radius 2 is 1.87 bits per heavy atom. The van der Waals surface area contributed by atoms with Gasteiger partial charge in [0.2, 0.25) is 0 Å². The normalized spacial score (nSPS) is 38.5. The maximum atomic E-state index is 11.2. The highest BCUT2D eigenvalue weighted by atomic mass is 16.5. The Labute approximate surface area is 90.8 Å². The number of hydrogen-bond acceptors (Lipinski definition) is 3. The van der Waals surface area contributed by atoms with Crippen LogP contribution in [0.2, 0.25) is 0 Å². The van der Waals surface area contributed by atoms with Gasteiger partial charge in [0.15, 0.2) is 0 Å². The number of ether oxygens (including phenoxy) is 1. The molecule has 2 saturated heterocycles. The molecule has 15 heavy (non-hydrogen) atoms. The molecule has 2 heterocycles. The quantitative estimate of drug-likeness (QED) is 0.685. The van der Waals surface area contributed by atoms with E-state index in [0.29, 0.717) is 17.9 Å². The Balaban J connectivity index is 1.62. The molecule has 0 bridgehead atoms. The SMILES string of the molecule is O=C1CCN(C2CCOC2C2CC2)CC1. The molecule has 0 aromatic rings. The van der Waals surface area contributed by atoms with Crippen molar-refractivity contribution in [1.82, 2.24) is 4.90 Å². The minimum atomic E-state index is 0.438. The molecule has 1 aliphatic carbocycles. The second-order valence-electron chi connectivity index (χ2n) is 5.10. The Hall–Kier alpha value is -0.410. The van der Waals surface area contributed by atoms with Gasteiger partial charge in [0.05, 0.1) is 6.10 Å². The summed E-state index contributed by atoms with van der Waals surface area (Å²) in [5.74, 6) is 1.27. The fourth-order valence-corrected chi connectivity index (χ4v) is 2.97. The molecule has 84 valence electrons. The monoisotopic (exact) mass is 209 g/mol. The van der Waals surface area contributed by atoms with E-state index >= 15 is 0 Å². The highest BCUT2D eigenvalue weighted by Gasteiger charge is 2.43. The molecule has 0 amide bonds. The van der Waals surface area contributed by atoms with Crippen LogP contribution in [0.3, 0.4) is 0 Å². The molecule has 0 aromatic carbocycles. The van der Waals surface area contributed by atoms with Crippen LogP contribution in [0.5, 0.6) is 0 Å². The molecule has 0 radical (unpaired) electrons. The predicted octanol–water partition coefficient (Wildman–Crippen LogP) is 1.22. The molecule has 3 aliphatic rings. The molecule has 3 nitrogen and oxygen atoms in total. The van der Waals surface area contributed by atoms with E-state index < -0.39 is 0 Å². The van der Waals surface area contributed by atoms with Gasteiger partial charge in [-0.25, -0.2) is 0 Å². The van der Waals surface area contributed by atoms with Crippen LogP contribution in [0.25, 0.3) is 0 Å². The molecular weight excluding hydrogens is 190 g/mol. The van der Waals surface area contributed by atoms with Gasteiger partial charge in [0, 0.05) is 38.6 Å². The largest absolute Gasteiger partial charge is 0.376 e. The second kappa shape index (κ2) is 3.87. The number of carbonyl (C=O) groups is 1. The number of piperidine rings is 1. The molecule has 0 aromatic heterocycles. The van der Waals surface area contributed by atoms with E-state index in [-0.39, 0.29) is 0 Å². The van der Waals surface area contributed by atoms with E-state index in [1.807, 2.05) is 0 Å². The van der Waals surface area contributed by atoms with E-state index in [4.69, 9.17) is 4.74 Å². The van der Waals surface area contributed by atoms with Crippen LogP contribution < -0.4 is 0 Å². The summed E-state index contributed by atoms with van der Waals surface area (Å²) in [4.78, 5) is 13.7. The van der Waals surface area contributed by atoms with Crippen molar-refractivity contribution in [2.45, 2.75) is 44.2 Å². The van der Waals surface area contributed by atoms with E-state index in [9.17, 15) is 4.79 Å². The van der Waals surface area contributed by atoms with Crippen LogP contribution in [0.15, 0.2) is 0 Å². The van der Waals surface area contributed by atoms with E-state index in [2.05, 4.69) is 4.90 Å². The van der Waals surface area contributed by atoms with Gasteiger partial charge in [-0.15, -0.1) is 0 Å². The molecule has 2 aliphatic heterocycles. The minimum Gasteiger partial charge on any atom is -0.376 e. The Bertz CT molecular complexity index is 252. The van der Waals surface area contributed by atoms with Crippen molar-refractivity contribution in [3.8, 4) is 0 Å². The lowest BCUT2D eigenvalue weighted by atomic mass is 10.0. The number of rotatable bonds is 2. The van der Waals surface area contributed by atoms with Gasteiger partial charge in [-0.3, -0.25) is 9.69 Å². The first kappa shape index (κ1) is 9.79. The Morgan fingerprint density at radius 3 is 2.53 bits per heavy atom. The average molecular weight is 209 g/mol. The Morgan fingerprint density at radius 1 is 1.13 bits per heavy atom. The molecular formula is C12H19NO2. The summed E-state index contributed by atoms with van der Waals surface area (Å²) in [7, 11) is 0. The lowest BCUT2D eigenvalue weighted by Gasteiger charge is -2.34. The zero-order chi connectivity index (χ0) is 10.3. The van der Waals surface area contributed by atoms with Gasteiger partial charge in [0.25, 0.3) is 0 Å². The lowest BCUT2D eigenvalue weighted by Crippen LogP contribution is -2.46. The summed E-state index contributed by atoms with van der Waals surface area (Å²) in [6, 6.07) is 0.616. The van der Waals surface area contributed by atoms with E-state index in [1.165, 1.54) is 19.3 Å². The van der Waals surface area contributed by atoms with Crippen molar-refractivity contribution in [1.29, 1.82) is 0 Å². The highest BCUT2D eigenvalue weighted by Crippen LogP contribution is 2.40. The van der Waals surface area contributed by atoms with Crippen molar-refractivity contribution in [3.05, 3.63) is 0 Å². The predicted molar refractivity (Wildman–Crippen MR) is 56.7 cm³/mol. The number of carbonyl (C=O) groups excluding carboxylic acids is 1. The second-order valence-corrected chi connectivity index (χ2v) is 5.10. The van der Waals surface area contributed by atoms with Crippen LogP contribution in [0.4, 0.5) is 0 Å². The highest BCUT2D eigenvalue weighted by molar-refractivity contribution is 5.79. The molecule has 1 saturated carbocycles. The van der Waals surface area contributed by atoms with Gasteiger partial charge in [-0.1, -0.05) is 0 Å². The maximum Gasteiger partial charge on any atom is 0.135 e. The standard InChI is InChI=1S/C12H19NO2/c14-10-3-6-13(7-4-10)11-5-8-15-12(11)9-1-2-9/h9,11-12H,1-8H2. The topological polar surface area (TPSA) is 29.5 Å². The van der Waals surface area contributed by atoms with Gasteiger partial charge < -0.3 is 4.74 Å². The first-order chi connectivity index (χ1) is 7.34. The maximum absolute atomic E-state index is 11.2. The first-order valence-electron chi connectivity index (χ1n) is 6.22. The van der Waals surface area contributed by atoms with Crippen molar-refractivity contribution < 1.29 is 9.53 Å². The van der Waals surface area contributed by atoms with Gasteiger partial charge in [-0.05, 0) is 25.2 Å². The number of likely N-dealkylation sites (tertiary alicyclic amines) is 1. The zero-order valence-corrected chi connectivity index (χ0v) is 9.15. The fourth-order valence-electron chi connectivity index (χ4n) is 2.97. The molecule has 3 heteroatoms. The molecule has 3 rings (SSSR count). The third-order valence-electron chi connectivity index (χ3n) is 4.01. The molecule has 0 N–H and O–H groups in total. The van der Waals surface area contributed by atoms with Crippen molar-refractivity contribution in [2.75, 3.05) is 19.7 Å². The summed E-state index contributed by atoms with van der Waals surface area (Å²) < 4.78 is 5.84. The third kappa shape index (κ3) is 1.95. The lowest BCUT2D eigenvalue weighted by molar-refractivity contribution is -0.122. The summed E-state index contributed by atoms with van der Waals surface area (Å²) in [6.07, 6.45) is 5.89. The summed E-state index contributed by atoms with van der Waals surface area (Å²) in [5.41, 5.74) is 0. The van der Waals surface area contributed by atoms with Crippen LogP contribution >= 0.6 is 0 Å². The van der Waals surface area contributed by atoms with Crippen LogP contribution in [-0.4, -0.2) is 42.5 Å². The minimum absolute atomic E-state index is 0.438. The van der Waals surface area contributed by atoms with Crippen LogP contribution in [-0.2, 0) is 9.53 Å². The molecule has 2 atom stereocenters. The zero-order valence-electron chi connectivity index (χ0n) is 9.15. The van der Waals surface area contributed by atoms with Crippen LogP contribution in [0.1, 0.15) is 32.1 Å². The average Bonchev–Trinajstić information content (AvgIpc) is 2.98. The van der Waals surface area contributed by atoms with E-state index in [1.54, 1.807) is 0 Å². The number of hydrogen-bond donors (Lipinski definition) is 0. The molecule has 3 fully saturated rings. The molecule has 2 unspecified atom stereocenters. The fraction of sp³-hybridized carbons (Fsp3) is 0.917. The van der Waals surface area contributed by atoms with Gasteiger partial charge in [0.1, 0.15) is 5.78 Å².